The van der Waals surface area contributed by atoms with E-state index in [0.717, 1.165) is 37.5 Å². The van der Waals surface area contributed by atoms with E-state index in [1.807, 2.05) is 33.7 Å². The number of hydrogen-bond acceptors (Lipinski definition) is 5. The SMILES string of the molecule is O=C(c1nc2ccccn2c1CNC[C@@H]1CCN(Cc2ccccc2)C1)N1CCOCC1. The van der Waals surface area contributed by atoms with Crippen molar-refractivity contribution in [2.75, 3.05) is 45.9 Å². The normalized spacial score (nSPS) is 19.6. The van der Waals surface area contributed by atoms with Crippen LogP contribution in [-0.2, 0) is 17.8 Å². The van der Waals surface area contributed by atoms with Gasteiger partial charge in [0.15, 0.2) is 5.69 Å². The fourth-order valence-corrected chi connectivity index (χ4v) is 4.76. The van der Waals surface area contributed by atoms with E-state index in [9.17, 15) is 4.79 Å². The zero-order valence-corrected chi connectivity index (χ0v) is 18.4. The summed E-state index contributed by atoms with van der Waals surface area (Å²) in [5, 5.41) is 3.62. The van der Waals surface area contributed by atoms with Gasteiger partial charge in [-0.1, -0.05) is 36.4 Å². The van der Waals surface area contributed by atoms with E-state index in [0.29, 0.717) is 44.5 Å². The molecular weight excluding hydrogens is 402 g/mol. The highest BCUT2D eigenvalue weighted by atomic mass is 16.5. The van der Waals surface area contributed by atoms with Gasteiger partial charge in [0.2, 0.25) is 0 Å². The molecule has 1 N–H and O–H groups in total. The number of nitrogens with one attached hydrogen (secondary N) is 1. The molecule has 0 bridgehead atoms. The van der Waals surface area contributed by atoms with Crippen LogP contribution in [0.4, 0.5) is 0 Å². The summed E-state index contributed by atoms with van der Waals surface area (Å²) in [4.78, 5) is 22.3. The molecule has 7 nitrogen and oxygen atoms in total. The summed E-state index contributed by atoms with van der Waals surface area (Å²) in [6.45, 7) is 7.26. The lowest BCUT2D eigenvalue weighted by Crippen LogP contribution is -2.41. The Labute approximate surface area is 189 Å². The molecule has 0 aliphatic carbocycles. The Balaban J connectivity index is 1.22. The molecule has 32 heavy (non-hydrogen) atoms. The van der Waals surface area contributed by atoms with Crippen molar-refractivity contribution < 1.29 is 9.53 Å². The van der Waals surface area contributed by atoms with Gasteiger partial charge in [-0.25, -0.2) is 4.98 Å². The predicted molar refractivity (Wildman–Crippen MR) is 123 cm³/mol. The van der Waals surface area contributed by atoms with Crippen LogP contribution < -0.4 is 5.32 Å². The largest absolute Gasteiger partial charge is 0.378 e. The monoisotopic (exact) mass is 433 g/mol. The van der Waals surface area contributed by atoms with E-state index in [4.69, 9.17) is 4.74 Å². The quantitative estimate of drug-likeness (QED) is 0.620. The molecule has 4 heterocycles. The van der Waals surface area contributed by atoms with Gasteiger partial charge in [0.25, 0.3) is 5.91 Å². The molecule has 0 radical (unpaired) electrons. The predicted octanol–water partition coefficient (Wildman–Crippen LogP) is 2.42. The minimum Gasteiger partial charge on any atom is -0.378 e. The standard InChI is InChI=1S/C25H31N5O2/c31-25(29-12-14-32-15-13-29)24-22(30-10-5-4-8-23(30)27-24)17-26-16-21-9-11-28(19-21)18-20-6-2-1-3-7-20/h1-8,10,21,26H,9,11-19H2/t21-/m0/s1. The Bertz CT molecular complexity index is 1040. The number of pyridine rings is 1. The van der Waals surface area contributed by atoms with Crippen LogP contribution in [0.1, 0.15) is 28.2 Å². The number of fused-ring (bicyclic) bond motifs is 1. The average molecular weight is 434 g/mol. The zero-order valence-electron chi connectivity index (χ0n) is 18.4. The minimum absolute atomic E-state index is 0.00343. The van der Waals surface area contributed by atoms with E-state index < -0.39 is 0 Å². The Hall–Kier alpha value is -2.74. The van der Waals surface area contributed by atoms with Gasteiger partial charge in [0, 0.05) is 38.9 Å². The first-order valence-electron chi connectivity index (χ1n) is 11.6. The molecule has 1 aromatic carbocycles. The molecule has 1 atom stereocenters. The summed E-state index contributed by atoms with van der Waals surface area (Å²) >= 11 is 0. The molecule has 2 fully saturated rings. The van der Waals surface area contributed by atoms with E-state index in [2.05, 4.69) is 45.5 Å². The number of hydrogen-bond donors (Lipinski definition) is 1. The van der Waals surface area contributed by atoms with E-state index in [1.54, 1.807) is 0 Å². The average Bonchev–Trinajstić information content (AvgIpc) is 3.44. The second kappa shape index (κ2) is 9.81. The Morgan fingerprint density at radius 3 is 2.72 bits per heavy atom. The number of amides is 1. The first-order valence-corrected chi connectivity index (χ1v) is 11.6. The fourth-order valence-electron chi connectivity index (χ4n) is 4.76. The summed E-state index contributed by atoms with van der Waals surface area (Å²) in [6, 6.07) is 16.6. The first kappa shape index (κ1) is 21.1. The van der Waals surface area contributed by atoms with Crippen molar-refractivity contribution in [2.45, 2.75) is 19.5 Å². The van der Waals surface area contributed by atoms with Gasteiger partial charge < -0.3 is 19.4 Å². The molecule has 0 unspecified atom stereocenters. The van der Waals surface area contributed by atoms with Crippen LogP contribution in [0.3, 0.4) is 0 Å². The summed E-state index contributed by atoms with van der Waals surface area (Å²) < 4.78 is 7.45. The van der Waals surface area contributed by atoms with Crippen molar-refractivity contribution in [2.24, 2.45) is 5.92 Å². The number of benzene rings is 1. The third-order valence-corrected chi connectivity index (χ3v) is 6.47. The maximum atomic E-state index is 13.2. The lowest BCUT2D eigenvalue weighted by Gasteiger charge is -2.26. The Kier molecular flexibility index (Phi) is 6.48. The zero-order chi connectivity index (χ0) is 21.8. The number of rotatable bonds is 7. The van der Waals surface area contributed by atoms with Crippen LogP contribution >= 0.6 is 0 Å². The molecule has 1 amide bonds. The van der Waals surface area contributed by atoms with Crippen LogP contribution in [0.25, 0.3) is 5.65 Å². The van der Waals surface area contributed by atoms with E-state index in [-0.39, 0.29) is 5.91 Å². The Morgan fingerprint density at radius 2 is 1.88 bits per heavy atom. The third kappa shape index (κ3) is 4.70. The molecule has 7 heteroatoms. The molecule has 168 valence electrons. The second-order valence-electron chi connectivity index (χ2n) is 8.75. The lowest BCUT2D eigenvalue weighted by atomic mass is 10.1. The first-order chi connectivity index (χ1) is 15.8. The van der Waals surface area contributed by atoms with Crippen LogP contribution in [0.2, 0.25) is 0 Å². The van der Waals surface area contributed by atoms with Crippen molar-refractivity contribution in [3.8, 4) is 0 Å². The van der Waals surface area contributed by atoms with Gasteiger partial charge in [0.05, 0.1) is 18.9 Å². The highest BCUT2D eigenvalue weighted by Gasteiger charge is 2.26. The van der Waals surface area contributed by atoms with E-state index >= 15 is 0 Å². The topological polar surface area (TPSA) is 62.1 Å². The van der Waals surface area contributed by atoms with Crippen LogP contribution in [-0.4, -0.2) is 71.0 Å². The number of morpholine rings is 1. The second-order valence-corrected chi connectivity index (χ2v) is 8.75. The highest BCUT2D eigenvalue weighted by Crippen LogP contribution is 2.19. The van der Waals surface area contributed by atoms with Gasteiger partial charge in [-0.15, -0.1) is 0 Å². The maximum absolute atomic E-state index is 13.2. The van der Waals surface area contributed by atoms with Crippen LogP contribution in [0.5, 0.6) is 0 Å². The number of nitrogens with zero attached hydrogens (tertiary/aromatic N) is 4. The molecule has 2 saturated heterocycles. The number of carbonyl (C=O) groups is 1. The number of carbonyl (C=O) groups excluding carboxylic acids is 1. The van der Waals surface area contributed by atoms with Gasteiger partial charge >= 0.3 is 0 Å². The third-order valence-electron chi connectivity index (χ3n) is 6.47. The summed E-state index contributed by atoms with van der Waals surface area (Å²) in [5.41, 5.74) is 3.69. The summed E-state index contributed by atoms with van der Waals surface area (Å²) in [6.07, 6.45) is 3.19. The van der Waals surface area contributed by atoms with Gasteiger partial charge in [-0.05, 0) is 43.1 Å². The molecule has 3 aromatic rings. The van der Waals surface area contributed by atoms with Crippen molar-refractivity contribution in [1.29, 1.82) is 0 Å². The number of likely N-dealkylation sites (tertiary alicyclic amines) is 1. The van der Waals surface area contributed by atoms with Gasteiger partial charge in [-0.2, -0.15) is 0 Å². The molecule has 0 spiro atoms. The molecular formula is C25H31N5O2. The molecule has 5 rings (SSSR count). The van der Waals surface area contributed by atoms with Gasteiger partial charge in [-0.3, -0.25) is 9.69 Å². The van der Waals surface area contributed by atoms with Gasteiger partial charge in [0.1, 0.15) is 5.65 Å². The fraction of sp³-hybridized carbons (Fsp3) is 0.440. The molecule has 0 saturated carbocycles. The molecule has 2 aliphatic heterocycles. The Morgan fingerprint density at radius 1 is 1.06 bits per heavy atom. The van der Waals surface area contributed by atoms with Crippen molar-refractivity contribution in [3.63, 3.8) is 0 Å². The summed E-state index contributed by atoms with van der Waals surface area (Å²) in [7, 11) is 0. The summed E-state index contributed by atoms with van der Waals surface area (Å²) in [5.74, 6) is 0.625. The number of ether oxygens (including phenoxy) is 1. The smallest absolute Gasteiger partial charge is 0.274 e. The number of imidazole rings is 1. The van der Waals surface area contributed by atoms with Crippen LogP contribution in [0.15, 0.2) is 54.7 Å². The minimum atomic E-state index is 0.00343. The maximum Gasteiger partial charge on any atom is 0.274 e. The van der Waals surface area contributed by atoms with E-state index in [1.165, 1.54) is 12.0 Å². The number of aromatic nitrogens is 2. The highest BCUT2D eigenvalue weighted by molar-refractivity contribution is 5.94. The molecule has 2 aliphatic rings. The van der Waals surface area contributed by atoms with Crippen LogP contribution in [0, 0.1) is 5.92 Å². The molecule has 2 aromatic heterocycles. The van der Waals surface area contributed by atoms with Crippen molar-refractivity contribution >= 4 is 11.6 Å². The van der Waals surface area contributed by atoms with Crippen molar-refractivity contribution in [3.05, 3.63) is 71.7 Å². The van der Waals surface area contributed by atoms with Crippen molar-refractivity contribution in [1.82, 2.24) is 24.5 Å². The lowest BCUT2D eigenvalue weighted by molar-refractivity contribution is 0.0298.